The maximum Gasteiger partial charge on any atom is 0.119 e. The van der Waals surface area contributed by atoms with Gasteiger partial charge in [0.1, 0.15) is 5.75 Å². The van der Waals surface area contributed by atoms with Crippen LogP contribution in [-0.4, -0.2) is 62.8 Å². The number of ether oxygens (including phenoxy) is 2. The van der Waals surface area contributed by atoms with Crippen molar-refractivity contribution in [3.8, 4) is 5.75 Å². The van der Waals surface area contributed by atoms with Crippen molar-refractivity contribution >= 4 is 0 Å². The van der Waals surface area contributed by atoms with Gasteiger partial charge in [0.15, 0.2) is 0 Å². The average molecular weight is 344 g/mol. The molecule has 3 heterocycles. The Morgan fingerprint density at radius 2 is 2.12 bits per heavy atom. The molecule has 3 aliphatic rings. The van der Waals surface area contributed by atoms with E-state index in [2.05, 4.69) is 28.0 Å². The van der Waals surface area contributed by atoms with Gasteiger partial charge < -0.3 is 14.4 Å². The highest BCUT2D eigenvalue weighted by Crippen LogP contribution is 2.39. The van der Waals surface area contributed by atoms with Crippen molar-refractivity contribution in [3.63, 3.8) is 0 Å². The van der Waals surface area contributed by atoms with E-state index in [1.165, 1.54) is 64.0 Å². The monoisotopic (exact) mass is 344 g/mol. The van der Waals surface area contributed by atoms with Gasteiger partial charge in [0.2, 0.25) is 0 Å². The third kappa shape index (κ3) is 4.18. The summed E-state index contributed by atoms with van der Waals surface area (Å²) in [7, 11) is 1.75. The minimum absolute atomic E-state index is 0.524. The highest BCUT2D eigenvalue weighted by molar-refractivity contribution is 5.28. The predicted molar refractivity (Wildman–Crippen MR) is 99.9 cm³/mol. The molecule has 138 valence electrons. The fourth-order valence-electron chi connectivity index (χ4n) is 5.08. The molecule has 3 aliphatic heterocycles. The van der Waals surface area contributed by atoms with E-state index in [1.54, 1.807) is 7.11 Å². The van der Waals surface area contributed by atoms with Gasteiger partial charge in [-0.3, -0.25) is 4.90 Å². The van der Waals surface area contributed by atoms with Crippen molar-refractivity contribution in [2.75, 3.05) is 53.0 Å². The number of hydrogen-bond acceptors (Lipinski definition) is 4. The minimum atomic E-state index is 0.524. The summed E-state index contributed by atoms with van der Waals surface area (Å²) < 4.78 is 10.9. The Morgan fingerprint density at radius 3 is 2.96 bits per heavy atom. The van der Waals surface area contributed by atoms with Gasteiger partial charge in [-0.25, -0.2) is 0 Å². The summed E-state index contributed by atoms with van der Waals surface area (Å²) in [5.74, 6) is 1.74. The largest absolute Gasteiger partial charge is 0.497 e. The van der Waals surface area contributed by atoms with E-state index >= 15 is 0 Å². The number of nitrogens with zero attached hydrogens (tertiary/aromatic N) is 2. The Labute approximate surface area is 152 Å². The molecule has 4 rings (SSSR count). The van der Waals surface area contributed by atoms with Crippen LogP contribution in [0.5, 0.6) is 5.75 Å². The quantitative estimate of drug-likeness (QED) is 0.820. The molecule has 0 saturated carbocycles. The zero-order valence-corrected chi connectivity index (χ0v) is 15.6. The van der Waals surface area contributed by atoms with Crippen LogP contribution in [0.15, 0.2) is 24.3 Å². The molecule has 2 atom stereocenters. The van der Waals surface area contributed by atoms with E-state index < -0.39 is 0 Å². The Morgan fingerprint density at radius 1 is 1.20 bits per heavy atom. The third-order valence-electron chi connectivity index (χ3n) is 6.34. The van der Waals surface area contributed by atoms with Gasteiger partial charge in [-0.2, -0.15) is 0 Å². The molecule has 0 amide bonds. The topological polar surface area (TPSA) is 24.9 Å². The van der Waals surface area contributed by atoms with E-state index in [0.29, 0.717) is 5.41 Å². The highest BCUT2D eigenvalue weighted by Gasteiger charge is 2.41. The molecule has 3 fully saturated rings. The summed E-state index contributed by atoms with van der Waals surface area (Å²) in [4.78, 5) is 5.38. The van der Waals surface area contributed by atoms with E-state index in [1.807, 2.05) is 6.07 Å². The van der Waals surface area contributed by atoms with Crippen molar-refractivity contribution < 1.29 is 9.47 Å². The van der Waals surface area contributed by atoms with Gasteiger partial charge in [0, 0.05) is 32.8 Å². The van der Waals surface area contributed by atoms with Crippen molar-refractivity contribution in [2.45, 2.75) is 32.2 Å². The lowest BCUT2D eigenvalue weighted by atomic mass is 9.79. The number of hydrogen-bond donors (Lipinski definition) is 0. The second kappa shape index (κ2) is 7.65. The smallest absolute Gasteiger partial charge is 0.119 e. The van der Waals surface area contributed by atoms with E-state index in [4.69, 9.17) is 9.47 Å². The summed E-state index contributed by atoms with van der Waals surface area (Å²) in [5.41, 5.74) is 1.89. The summed E-state index contributed by atoms with van der Waals surface area (Å²) in [6.07, 6.45) is 5.37. The first-order valence-electron chi connectivity index (χ1n) is 9.90. The second-order valence-electron chi connectivity index (χ2n) is 8.38. The van der Waals surface area contributed by atoms with E-state index in [9.17, 15) is 0 Å². The van der Waals surface area contributed by atoms with Crippen LogP contribution >= 0.6 is 0 Å². The van der Waals surface area contributed by atoms with Gasteiger partial charge >= 0.3 is 0 Å². The van der Waals surface area contributed by atoms with Crippen LogP contribution in [-0.2, 0) is 11.3 Å². The molecular weight excluding hydrogens is 312 g/mol. The highest BCUT2D eigenvalue weighted by atomic mass is 16.5. The number of rotatable bonds is 5. The molecule has 1 aromatic carbocycles. The fraction of sp³-hybridized carbons (Fsp3) is 0.714. The zero-order chi connectivity index (χ0) is 17.1. The standard InChI is InChI=1S/C21H32N2O2/c1-24-20-5-2-4-18(12-20)13-22-9-3-7-21(16-22)8-10-23(17-21)14-19-6-11-25-15-19/h2,4-5,12,19H,3,6-11,13-17H2,1H3. The van der Waals surface area contributed by atoms with Crippen LogP contribution < -0.4 is 4.74 Å². The Balaban J connectivity index is 1.34. The average Bonchev–Trinajstić information content (AvgIpc) is 3.26. The molecule has 1 spiro atoms. The third-order valence-corrected chi connectivity index (χ3v) is 6.34. The summed E-state index contributed by atoms with van der Waals surface area (Å²) in [6.45, 7) is 9.30. The molecule has 0 N–H and O–H groups in total. The van der Waals surface area contributed by atoms with Crippen molar-refractivity contribution in [1.29, 1.82) is 0 Å². The van der Waals surface area contributed by atoms with Gasteiger partial charge in [-0.1, -0.05) is 12.1 Å². The van der Waals surface area contributed by atoms with Crippen LogP contribution in [0.4, 0.5) is 0 Å². The van der Waals surface area contributed by atoms with Crippen molar-refractivity contribution in [1.82, 2.24) is 9.80 Å². The van der Waals surface area contributed by atoms with Gasteiger partial charge in [0.05, 0.1) is 13.7 Å². The van der Waals surface area contributed by atoms with E-state index in [0.717, 1.165) is 31.4 Å². The molecule has 3 saturated heterocycles. The maximum atomic E-state index is 5.56. The van der Waals surface area contributed by atoms with Crippen LogP contribution in [0.3, 0.4) is 0 Å². The number of likely N-dealkylation sites (tertiary alicyclic amines) is 2. The Bertz CT molecular complexity index is 573. The van der Waals surface area contributed by atoms with E-state index in [-0.39, 0.29) is 0 Å². The van der Waals surface area contributed by atoms with Crippen LogP contribution in [0.2, 0.25) is 0 Å². The molecule has 25 heavy (non-hydrogen) atoms. The van der Waals surface area contributed by atoms with Crippen LogP contribution in [0.1, 0.15) is 31.2 Å². The fourth-order valence-corrected chi connectivity index (χ4v) is 5.08. The molecule has 4 nitrogen and oxygen atoms in total. The van der Waals surface area contributed by atoms with Gasteiger partial charge in [-0.15, -0.1) is 0 Å². The second-order valence-corrected chi connectivity index (χ2v) is 8.38. The number of piperidine rings is 1. The molecule has 0 aromatic heterocycles. The van der Waals surface area contributed by atoms with Crippen molar-refractivity contribution in [2.24, 2.45) is 11.3 Å². The molecule has 0 aliphatic carbocycles. The van der Waals surface area contributed by atoms with Gasteiger partial charge in [-0.05, 0) is 67.8 Å². The molecule has 0 bridgehead atoms. The lowest BCUT2D eigenvalue weighted by Gasteiger charge is -2.40. The van der Waals surface area contributed by atoms with Crippen LogP contribution in [0, 0.1) is 11.3 Å². The lowest BCUT2D eigenvalue weighted by Crippen LogP contribution is -2.44. The zero-order valence-electron chi connectivity index (χ0n) is 15.6. The minimum Gasteiger partial charge on any atom is -0.497 e. The molecule has 2 unspecified atom stereocenters. The maximum absolute atomic E-state index is 5.56. The Hall–Kier alpha value is -1.10. The molecule has 0 radical (unpaired) electrons. The summed E-state index contributed by atoms with van der Waals surface area (Å²) >= 11 is 0. The molecule has 4 heteroatoms. The number of benzene rings is 1. The molecular formula is C21H32N2O2. The first kappa shape index (κ1) is 17.3. The van der Waals surface area contributed by atoms with Crippen molar-refractivity contribution in [3.05, 3.63) is 29.8 Å². The van der Waals surface area contributed by atoms with Gasteiger partial charge in [0.25, 0.3) is 0 Å². The number of methoxy groups -OCH3 is 1. The van der Waals surface area contributed by atoms with Crippen LogP contribution in [0.25, 0.3) is 0 Å². The lowest BCUT2D eigenvalue weighted by molar-refractivity contribution is 0.0847. The summed E-state index contributed by atoms with van der Waals surface area (Å²) in [5, 5.41) is 0. The first-order chi connectivity index (χ1) is 12.2. The Kier molecular flexibility index (Phi) is 5.30. The first-order valence-corrected chi connectivity index (χ1v) is 9.90. The molecule has 1 aromatic rings. The predicted octanol–water partition coefficient (Wildman–Crippen LogP) is 3.02. The SMILES string of the molecule is COc1cccc(CN2CCCC3(CCN(CC4CCOC4)C3)C2)c1. The normalized spacial score (nSPS) is 31.0. The summed E-state index contributed by atoms with van der Waals surface area (Å²) in [6, 6.07) is 8.55.